The van der Waals surface area contributed by atoms with Gasteiger partial charge in [-0.05, 0) is 18.6 Å². The Morgan fingerprint density at radius 1 is 1.41 bits per heavy atom. The number of aromatic nitrogens is 4. The van der Waals surface area contributed by atoms with Crippen LogP contribution in [0.5, 0.6) is 5.75 Å². The molecular weight excluding hydrogens is 392 g/mol. The summed E-state index contributed by atoms with van der Waals surface area (Å²) in [5.74, 6) is 3.49. The van der Waals surface area contributed by atoms with E-state index in [1.165, 1.54) is 0 Å². The fourth-order valence-corrected chi connectivity index (χ4v) is 3.52. The van der Waals surface area contributed by atoms with E-state index in [1.54, 1.807) is 17.4 Å². The number of ether oxygens (including phenoxy) is 1. The molecule has 0 radical (unpaired) electrons. The van der Waals surface area contributed by atoms with Gasteiger partial charge < -0.3 is 19.5 Å². The van der Waals surface area contributed by atoms with Gasteiger partial charge in [0.1, 0.15) is 23.8 Å². The van der Waals surface area contributed by atoms with Crippen LogP contribution in [-0.2, 0) is 4.79 Å². The fraction of sp³-hybridized carbons (Fsp3) is 0.300. The third-order valence-electron chi connectivity index (χ3n) is 4.75. The molecule has 1 aliphatic heterocycles. The molecule has 1 aliphatic rings. The molecule has 8 nitrogen and oxygen atoms in total. The predicted octanol–water partition coefficient (Wildman–Crippen LogP) is 2.59. The number of carbonyl (C=O) groups excluding carboxylic acids is 1. The second kappa shape index (κ2) is 8.37. The Labute approximate surface area is 172 Å². The Morgan fingerprint density at radius 2 is 2.31 bits per heavy atom. The number of carbonyl (C=O) groups is 1. The quantitative estimate of drug-likeness (QED) is 0.496. The zero-order valence-electron chi connectivity index (χ0n) is 15.6. The number of halogens is 1. The van der Waals surface area contributed by atoms with Crippen LogP contribution in [0.1, 0.15) is 12.5 Å². The molecule has 3 aromatic rings. The summed E-state index contributed by atoms with van der Waals surface area (Å²) in [5.41, 5.74) is 2.20. The van der Waals surface area contributed by atoms with Crippen LogP contribution in [0, 0.1) is 12.3 Å². The molecule has 4 rings (SSSR count). The SMILES string of the molecule is C#CCOc1cccc(Nc2ncc3ncn(C4CCN(C(=O)CCl)C4)c3n2)c1. The highest BCUT2D eigenvalue weighted by Gasteiger charge is 2.28. The molecule has 1 fully saturated rings. The zero-order chi connectivity index (χ0) is 20.2. The number of amides is 1. The fourth-order valence-electron chi connectivity index (χ4n) is 3.35. The van der Waals surface area contributed by atoms with Crippen LogP contribution in [0.15, 0.2) is 36.8 Å². The Bertz CT molecular complexity index is 1080. The standard InChI is InChI=1S/C20H19ClN6O2/c1-2-8-29-16-5-3-4-14(9-16)24-20-22-11-17-19(25-20)27(13-23-17)15-6-7-26(12-15)18(28)10-21/h1,3-5,9,11,13,15H,6-8,10,12H2,(H,22,24,25). The number of hydrogen-bond donors (Lipinski definition) is 1. The van der Waals surface area contributed by atoms with Crippen molar-refractivity contribution in [1.82, 2.24) is 24.4 Å². The van der Waals surface area contributed by atoms with E-state index in [0.717, 1.165) is 12.1 Å². The highest BCUT2D eigenvalue weighted by Crippen LogP contribution is 2.26. The summed E-state index contributed by atoms with van der Waals surface area (Å²) in [7, 11) is 0. The third kappa shape index (κ3) is 4.10. The molecule has 1 saturated heterocycles. The van der Waals surface area contributed by atoms with Gasteiger partial charge in [-0.2, -0.15) is 4.98 Å². The highest BCUT2D eigenvalue weighted by molar-refractivity contribution is 6.27. The number of terminal acetylenes is 1. The van der Waals surface area contributed by atoms with Gasteiger partial charge in [0.2, 0.25) is 11.9 Å². The number of rotatable bonds is 6. The Balaban J connectivity index is 1.55. The van der Waals surface area contributed by atoms with Crippen molar-refractivity contribution < 1.29 is 9.53 Å². The summed E-state index contributed by atoms with van der Waals surface area (Å²) in [4.78, 5) is 27.0. The number of hydrogen-bond acceptors (Lipinski definition) is 6. The molecule has 1 unspecified atom stereocenters. The van der Waals surface area contributed by atoms with Gasteiger partial charge in [0.15, 0.2) is 5.65 Å². The summed E-state index contributed by atoms with van der Waals surface area (Å²) >= 11 is 5.68. The van der Waals surface area contributed by atoms with Crippen LogP contribution >= 0.6 is 11.6 Å². The lowest BCUT2D eigenvalue weighted by Gasteiger charge is -2.16. The first-order chi connectivity index (χ1) is 14.2. The van der Waals surface area contributed by atoms with Crippen molar-refractivity contribution in [3.63, 3.8) is 0 Å². The van der Waals surface area contributed by atoms with Gasteiger partial charge in [0, 0.05) is 24.8 Å². The molecule has 1 aromatic carbocycles. The molecule has 2 aromatic heterocycles. The van der Waals surface area contributed by atoms with Crippen molar-refractivity contribution in [3.8, 4) is 18.1 Å². The maximum absolute atomic E-state index is 11.9. The maximum atomic E-state index is 11.9. The van der Waals surface area contributed by atoms with Crippen molar-refractivity contribution in [2.75, 3.05) is 30.9 Å². The van der Waals surface area contributed by atoms with Gasteiger partial charge in [-0.25, -0.2) is 9.97 Å². The minimum atomic E-state index is -0.0532. The van der Waals surface area contributed by atoms with Crippen molar-refractivity contribution in [3.05, 3.63) is 36.8 Å². The van der Waals surface area contributed by atoms with Crippen molar-refractivity contribution >= 4 is 40.3 Å². The summed E-state index contributed by atoms with van der Waals surface area (Å²) < 4.78 is 7.44. The summed E-state index contributed by atoms with van der Waals surface area (Å²) in [6, 6.07) is 7.51. The van der Waals surface area contributed by atoms with Crippen molar-refractivity contribution in [1.29, 1.82) is 0 Å². The van der Waals surface area contributed by atoms with E-state index in [9.17, 15) is 4.79 Å². The second-order valence-corrected chi connectivity index (χ2v) is 6.88. The molecule has 0 bridgehead atoms. The highest BCUT2D eigenvalue weighted by atomic mass is 35.5. The minimum Gasteiger partial charge on any atom is -0.481 e. The van der Waals surface area contributed by atoms with E-state index in [0.29, 0.717) is 36.0 Å². The van der Waals surface area contributed by atoms with Gasteiger partial charge in [0.25, 0.3) is 0 Å². The number of nitrogens with one attached hydrogen (secondary N) is 1. The smallest absolute Gasteiger partial charge is 0.237 e. The Kier molecular flexibility index (Phi) is 5.49. The molecule has 0 spiro atoms. The lowest BCUT2D eigenvalue weighted by Crippen LogP contribution is -2.29. The zero-order valence-corrected chi connectivity index (χ0v) is 16.3. The molecule has 9 heteroatoms. The van der Waals surface area contributed by atoms with Crippen LogP contribution in [0.4, 0.5) is 11.6 Å². The molecule has 1 N–H and O–H groups in total. The van der Waals surface area contributed by atoms with Gasteiger partial charge in [0.05, 0.1) is 18.6 Å². The monoisotopic (exact) mass is 410 g/mol. The Hall–Kier alpha value is -3.31. The van der Waals surface area contributed by atoms with Gasteiger partial charge >= 0.3 is 0 Å². The molecule has 3 heterocycles. The number of imidazole rings is 1. The number of anilines is 2. The molecule has 29 heavy (non-hydrogen) atoms. The van der Waals surface area contributed by atoms with E-state index in [1.807, 2.05) is 28.8 Å². The normalized spacial score (nSPS) is 16.0. The number of alkyl halides is 1. The summed E-state index contributed by atoms with van der Waals surface area (Å²) in [5, 5.41) is 3.18. The van der Waals surface area contributed by atoms with Gasteiger partial charge in [-0.15, -0.1) is 18.0 Å². The van der Waals surface area contributed by atoms with E-state index in [2.05, 4.69) is 26.2 Å². The topological polar surface area (TPSA) is 85.2 Å². The third-order valence-corrected chi connectivity index (χ3v) is 4.98. The van der Waals surface area contributed by atoms with Gasteiger partial charge in [-0.1, -0.05) is 12.0 Å². The van der Waals surface area contributed by atoms with Crippen LogP contribution in [-0.4, -0.2) is 55.9 Å². The lowest BCUT2D eigenvalue weighted by atomic mass is 10.2. The van der Waals surface area contributed by atoms with E-state index in [-0.39, 0.29) is 24.4 Å². The number of nitrogens with zero attached hydrogens (tertiary/aromatic N) is 5. The van der Waals surface area contributed by atoms with Crippen molar-refractivity contribution in [2.24, 2.45) is 0 Å². The van der Waals surface area contributed by atoms with Crippen molar-refractivity contribution in [2.45, 2.75) is 12.5 Å². The molecule has 0 saturated carbocycles. The molecular formula is C20H19ClN6O2. The summed E-state index contributed by atoms with van der Waals surface area (Å²) in [6.07, 6.45) is 9.49. The van der Waals surface area contributed by atoms with Crippen LogP contribution in [0.2, 0.25) is 0 Å². The van der Waals surface area contributed by atoms with E-state index < -0.39 is 0 Å². The number of benzene rings is 1. The summed E-state index contributed by atoms with van der Waals surface area (Å²) in [6.45, 7) is 1.48. The van der Waals surface area contributed by atoms with Gasteiger partial charge in [-0.3, -0.25) is 4.79 Å². The minimum absolute atomic E-state index is 0.00223. The van der Waals surface area contributed by atoms with E-state index >= 15 is 0 Å². The molecule has 1 atom stereocenters. The Morgan fingerprint density at radius 3 is 3.14 bits per heavy atom. The maximum Gasteiger partial charge on any atom is 0.237 e. The van der Waals surface area contributed by atoms with Crippen LogP contribution in [0.3, 0.4) is 0 Å². The first-order valence-electron chi connectivity index (χ1n) is 9.14. The number of likely N-dealkylation sites (tertiary alicyclic amines) is 1. The molecule has 148 valence electrons. The van der Waals surface area contributed by atoms with Crippen LogP contribution < -0.4 is 10.1 Å². The first-order valence-corrected chi connectivity index (χ1v) is 9.68. The molecule has 1 amide bonds. The lowest BCUT2D eigenvalue weighted by molar-refractivity contribution is -0.127. The average molecular weight is 411 g/mol. The number of fused-ring (bicyclic) bond motifs is 1. The largest absolute Gasteiger partial charge is 0.481 e. The average Bonchev–Trinajstić information content (AvgIpc) is 3.38. The predicted molar refractivity (Wildman–Crippen MR) is 110 cm³/mol. The van der Waals surface area contributed by atoms with Crippen LogP contribution in [0.25, 0.3) is 11.2 Å². The second-order valence-electron chi connectivity index (χ2n) is 6.62. The first kappa shape index (κ1) is 19.0. The van der Waals surface area contributed by atoms with E-state index in [4.69, 9.17) is 22.8 Å². The molecule has 0 aliphatic carbocycles.